The zero-order valence-corrected chi connectivity index (χ0v) is 9.88. The van der Waals surface area contributed by atoms with Crippen LogP contribution >= 0.6 is 0 Å². The molecule has 2 rings (SSSR count). The summed E-state index contributed by atoms with van der Waals surface area (Å²) < 4.78 is 6.79. The second-order valence-corrected chi connectivity index (χ2v) is 3.81. The van der Waals surface area contributed by atoms with Gasteiger partial charge in [0.2, 0.25) is 0 Å². The molecule has 0 unspecified atom stereocenters. The molecule has 0 atom stereocenters. The number of methoxy groups -OCH3 is 1. The van der Waals surface area contributed by atoms with E-state index in [9.17, 15) is 4.79 Å². The van der Waals surface area contributed by atoms with Crippen LogP contribution in [0.15, 0.2) is 41.3 Å². The highest BCUT2D eigenvalue weighted by molar-refractivity contribution is 5.26. The third-order valence-corrected chi connectivity index (χ3v) is 2.45. The van der Waals surface area contributed by atoms with E-state index in [1.54, 1.807) is 23.9 Å². The van der Waals surface area contributed by atoms with Crippen LogP contribution in [-0.4, -0.2) is 16.7 Å². The van der Waals surface area contributed by atoms with Gasteiger partial charge >= 0.3 is 0 Å². The highest BCUT2D eigenvalue weighted by atomic mass is 16.5. The van der Waals surface area contributed by atoms with Gasteiger partial charge in [-0.3, -0.25) is 9.78 Å². The summed E-state index contributed by atoms with van der Waals surface area (Å²) in [5, 5.41) is 0. The fourth-order valence-electron chi connectivity index (χ4n) is 1.67. The zero-order chi connectivity index (χ0) is 12.3. The lowest BCUT2D eigenvalue weighted by Crippen LogP contribution is -2.19. The summed E-state index contributed by atoms with van der Waals surface area (Å²) in [7, 11) is 1.62. The van der Waals surface area contributed by atoms with Crippen molar-refractivity contribution >= 4 is 0 Å². The van der Waals surface area contributed by atoms with Gasteiger partial charge in [-0.2, -0.15) is 0 Å². The number of aryl methyl sites for hydroxylation is 1. The minimum absolute atomic E-state index is 0.0326. The monoisotopic (exact) mass is 230 g/mol. The fraction of sp³-hybridized carbons (Fsp3) is 0.231. The van der Waals surface area contributed by atoms with Gasteiger partial charge in [0, 0.05) is 30.1 Å². The molecule has 2 aromatic rings. The molecule has 4 heteroatoms. The number of hydrogen-bond donors (Lipinski definition) is 0. The fourth-order valence-corrected chi connectivity index (χ4v) is 1.67. The largest absolute Gasteiger partial charge is 0.497 e. The molecule has 0 spiro atoms. The van der Waals surface area contributed by atoms with Crippen molar-refractivity contribution in [3.63, 3.8) is 0 Å². The number of aromatic nitrogens is 2. The Bertz CT molecular complexity index is 576. The molecule has 4 nitrogen and oxygen atoms in total. The van der Waals surface area contributed by atoms with Crippen LogP contribution in [0, 0.1) is 6.92 Å². The molecular weight excluding hydrogens is 216 g/mol. The van der Waals surface area contributed by atoms with E-state index in [2.05, 4.69) is 4.98 Å². The van der Waals surface area contributed by atoms with Crippen molar-refractivity contribution in [2.45, 2.75) is 13.5 Å². The van der Waals surface area contributed by atoms with E-state index in [1.165, 1.54) is 6.07 Å². The Labute approximate surface area is 99.5 Å². The second-order valence-electron chi connectivity index (χ2n) is 3.81. The van der Waals surface area contributed by atoms with Crippen molar-refractivity contribution in [2.75, 3.05) is 7.11 Å². The van der Waals surface area contributed by atoms with E-state index in [-0.39, 0.29) is 5.56 Å². The first-order valence-electron chi connectivity index (χ1n) is 5.36. The molecule has 17 heavy (non-hydrogen) atoms. The predicted molar refractivity (Wildman–Crippen MR) is 65.3 cm³/mol. The summed E-state index contributed by atoms with van der Waals surface area (Å²) >= 11 is 0. The molecule has 0 fully saturated rings. The quantitative estimate of drug-likeness (QED) is 0.804. The molecule has 0 bridgehead atoms. The lowest BCUT2D eigenvalue weighted by Gasteiger charge is -2.07. The van der Waals surface area contributed by atoms with Crippen molar-refractivity contribution in [2.24, 2.45) is 0 Å². The number of rotatable bonds is 3. The van der Waals surface area contributed by atoms with Gasteiger partial charge in [0.25, 0.3) is 5.56 Å². The van der Waals surface area contributed by atoms with Crippen molar-refractivity contribution in [1.82, 2.24) is 9.55 Å². The molecule has 0 amide bonds. The number of pyridine rings is 2. The van der Waals surface area contributed by atoms with Crippen molar-refractivity contribution < 1.29 is 4.74 Å². The van der Waals surface area contributed by atoms with E-state index in [0.717, 1.165) is 17.1 Å². The van der Waals surface area contributed by atoms with Crippen LogP contribution in [0.25, 0.3) is 0 Å². The molecule has 0 saturated carbocycles. The van der Waals surface area contributed by atoms with E-state index < -0.39 is 0 Å². The second kappa shape index (κ2) is 4.82. The average Bonchev–Trinajstić information content (AvgIpc) is 2.31. The molecule has 0 radical (unpaired) electrons. The number of hydrogen-bond acceptors (Lipinski definition) is 3. The van der Waals surface area contributed by atoms with Gasteiger partial charge in [0.1, 0.15) is 5.75 Å². The van der Waals surface area contributed by atoms with Crippen LogP contribution in [0.3, 0.4) is 0 Å². The maximum atomic E-state index is 11.6. The number of ether oxygens (including phenoxy) is 1. The van der Waals surface area contributed by atoms with Crippen LogP contribution in [0.1, 0.15) is 11.4 Å². The molecule has 0 aliphatic rings. The summed E-state index contributed by atoms with van der Waals surface area (Å²) in [5.74, 6) is 0.761. The zero-order valence-electron chi connectivity index (χ0n) is 9.88. The van der Waals surface area contributed by atoms with Crippen molar-refractivity contribution in [3.8, 4) is 5.75 Å². The van der Waals surface area contributed by atoms with Gasteiger partial charge in [-0.1, -0.05) is 6.07 Å². The molecule has 0 aromatic carbocycles. The van der Waals surface area contributed by atoms with Crippen LogP contribution < -0.4 is 10.3 Å². The molecule has 0 aliphatic heterocycles. The van der Waals surface area contributed by atoms with E-state index in [1.807, 2.05) is 25.1 Å². The number of nitrogens with zero attached hydrogens (tertiary/aromatic N) is 2. The molecule has 88 valence electrons. The first-order chi connectivity index (χ1) is 8.19. The predicted octanol–water partition coefficient (Wildman–Crippen LogP) is 1.61. The Morgan fingerprint density at radius 3 is 2.88 bits per heavy atom. The lowest BCUT2D eigenvalue weighted by molar-refractivity contribution is 0.413. The highest BCUT2D eigenvalue weighted by Crippen LogP contribution is 2.13. The first kappa shape index (κ1) is 11.4. The summed E-state index contributed by atoms with van der Waals surface area (Å²) in [6.07, 6.45) is 1.75. The van der Waals surface area contributed by atoms with Crippen LogP contribution in [0.5, 0.6) is 5.75 Å². The Morgan fingerprint density at radius 1 is 1.35 bits per heavy atom. The maximum Gasteiger partial charge on any atom is 0.250 e. The SMILES string of the molecule is COc1cc(C)nc(Cn2ccccc2=O)c1. The summed E-state index contributed by atoms with van der Waals surface area (Å²) in [6, 6.07) is 8.79. The van der Waals surface area contributed by atoms with Gasteiger partial charge in [0.15, 0.2) is 0 Å². The van der Waals surface area contributed by atoms with Gasteiger partial charge in [0.05, 0.1) is 19.3 Å². The Balaban J connectivity index is 2.33. The Hall–Kier alpha value is -2.10. The molecule has 2 heterocycles. The minimum Gasteiger partial charge on any atom is -0.497 e. The van der Waals surface area contributed by atoms with Crippen molar-refractivity contribution in [1.29, 1.82) is 0 Å². The molecule has 0 aliphatic carbocycles. The first-order valence-corrected chi connectivity index (χ1v) is 5.36. The topological polar surface area (TPSA) is 44.1 Å². The molecule has 2 aromatic heterocycles. The average molecular weight is 230 g/mol. The summed E-state index contributed by atoms with van der Waals surface area (Å²) in [5.41, 5.74) is 1.66. The minimum atomic E-state index is -0.0326. The van der Waals surface area contributed by atoms with Gasteiger partial charge in [-0.05, 0) is 13.0 Å². The van der Waals surface area contributed by atoms with Gasteiger partial charge in [-0.15, -0.1) is 0 Å². The van der Waals surface area contributed by atoms with Crippen LogP contribution in [-0.2, 0) is 6.54 Å². The molecular formula is C13H14N2O2. The summed E-state index contributed by atoms with van der Waals surface area (Å²) in [4.78, 5) is 15.9. The molecule has 0 saturated heterocycles. The Kier molecular flexibility index (Phi) is 3.23. The lowest BCUT2D eigenvalue weighted by atomic mass is 10.3. The third kappa shape index (κ3) is 2.72. The highest BCUT2D eigenvalue weighted by Gasteiger charge is 2.02. The van der Waals surface area contributed by atoms with Gasteiger partial charge in [-0.25, -0.2) is 0 Å². The maximum absolute atomic E-state index is 11.6. The van der Waals surface area contributed by atoms with Crippen LogP contribution in [0.2, 0.25) is 0 Å². The third-order valence-electron chi connectivity index (χ3n) is 2.45. The normalized spacial score (nSPS) is 10.2. The van der Waals surface area contributed by atoms with E-state index in [0.29, 0.717) is 6.54 Å². The summed E-state index contributed by atoms with van der Waals surface area (Å²) in [6.45, 7) is 2.36. The van der Waals surface area contributed by atoms with E-state index in [4.69, 9.17) is 4.74 Å². The van der Waals surface area contributed by atoms with E-state index >= 15 is 0 Å². The Morgan fingerprint density at radius 2 is 2.18 bits per heavy atom. The smallest absolute Gasteiger partial charge is 0.250 e. The van der Waals surface area contributed by atoms with Crippen LogP contribution in [0.4, 0.5) is 0 Å². The molecule has 0 N–H and O–H groups in total. The van der Waals surface area contributed by atoms with Crippen molar-refractivity contribution in [3.05, 3.63) is 58.3 Å². The van der Waals surface area contributed by atoms with Gasteiger partial charge < -0.3 is 9.30 Å². The standard InChI is InChI=1S/C13H14N2O2/c1-10-7-12(17-2)8-11(14-10)9-15-6-4-3-5-13(15)16/h3-8H,9H2,1-2H3.